The number of aromatic hydroxyl groups is 1. The van der Waals surface area contributed by atoms with E-state index >= 15 is 0 Å². The molecule has 3 nitrogen and oxygen atoms in total. The summed E-state index contributed by atoms with van der Waals surface area (Å²) in [5.41, 5.74) is 0.791. The van der Waals surface area contributed by atoms with Crippen LogP contribution in [-0.2, 0) is 4.74 Å². The summed E-state index contributed by atoms with van der Waals surface area (Å²) < 4.78 is 5.24. The van der Waals surface area contributed by atoms with Gasteiger partial charge in [0.25, 0.3) is 0 Å². The van der Waals surface area contributed by atoms with Gasteiger partial charge in [0.1, 0.15) is 5.75 Å². The number of carbonyl (C=O) groups excluding carboxylic acids is 1. The minimum atomic E-state index is -0.404. The van der Waals surface area contributed by atoms with E-state index in [0.29, 0.717) is 11.1 Å². The molecular weight excluding hydrogens is 216 g/mol. The number of carbonyl (C=O) groups is 1. The molecule has 1 N–H and O–H groups in total. The highest BCUT2D eigenvalue weighted by Gasteiger charge is 2.11. The van der Waals surface area contributed by atoms with Gasteiger partial charge in [-0.25, -0.2) is 0 Å². The maximum Gasteiger partial charge on any atom is 0.159 e. The molecule has 0 saturated heterocycles. The number of rotatable bonds is 4. The van der Waals surface area contributed by atoms with Crippen molar-refractivity contribution in [3.63, 3.8) is 0 Å². The molecule has 3 heteroatoms. The van der Waals surface area contributed by atoms with Gasteiger partial charge in [-0.3, -0.25) is 4.79 Å². The fraction of sp³-hybridized carbons (Fsp3) is 0.357. The smallest absolute Gasteiger partial charge is 0.159 e. The molecule has 0 aliphatic carbocycles. The van der Waals surface area contributed by atoms with E-state index in [-0.39, 0.29) is 11.5 Å². The normalized spacial score (nSPS) is 12.0. The van der Waals surface area contributed by atoms with Gasteiger partial charge in [0.15, 0.2) is 5.78 Å². The lowest BCUT2D eigenvalue weighted by Crippen LogP contribution is -2.18. The van der Waals surface area contributed by atoms with E-state index in [1.165, 1.54) is 13.0 Å². The van der Waals surface area contributed by atoms with Gasteiger partial charge in [0, 0.05) is 18.2 Å². The Kier molecular flexibility index (Phi) is 4.07. The third-order valence-corrected chi connectivity index (χ3v) is 2.62. The van der Waals surface area contributed by atoms with Crippen molar-refractivity contribution in [2.45, 2.75) is 26.4 Å². The van der Waals surface area contributed by atoms with Crippen molar-refractivity contribution in [1.29, 1.82) is 0 Å². The average molecular weight is 234 g/mol. The van der Waals surface area contributed by atoms with Crippen LogP contribution in [0.1, 0.15) is 36.7 Å². The van der Waals surface area contributed by atoms with Gasteiger partial charge in [-0.15, -0.1) is 0 Å². The Balaban J connectivity index is 3.06. The summed E-state index contributed by atoms with van der Waals surface area (Å²) in [5.74, 6) is 0.129. The average Bonchev–Trinajstić information content (AvgIpc) is 2.27. The fourth-order valence-corrected chi connectivity index (χ4v) is 1.27. The zero-order valence-electron chi connectivity index (χ0n) is 10.7. The summed E-state index contributed by atoms with van der Waals surface area (Å²) in [6.07, 6.45) is 3.59. The lowest BCUT2D eigenvalue weighted by molar-refractivity contribution is 0.0663. The van der Waals surface area contributed by atoms with Crippen LogP contribution in [0.2, 0.25) is 0 Å². The molecule has 1 aromatic carbocycles. The second-order valence-corrected chi connectivity index (χ2v) is 4.47. The quantitative estimate of drug-likeness (QED) is 0.814. The second-order valence-electron chi connectivity index (χ2n) is 4.47. The SMILES string of the molecule is COC(C)(C)C=Cc1cc(C(C)=O)ccc1O. The maximum absolute atomic E-state index is 11.2. The lowest BCUT2D eigenvalue weighted by atomic mass is 10.0. The predicted molar refractivity (Wildman–Crippen MR) is 68.2 cm³/mol. The van der Waals surface area contributed by atoms with Crippen molar-refractivity contribution in [3.8, 4) is 5.75 Å². The predicted octanol–water partition coefficient (Wildman–Crippen LogP) is 3.03. The van der Waals surface area contributed by atoms with Crippen LogP contribution >= 0.6 is 0 Å². The first-order valence-corrected chi connectivity index (χ1v) is 5.44. The first-order chi connectivity index (χ1) is 7.85. The molecule has 0 atom stereocenters. The van der Waals surface area contributed by atoms with Gasteiger partial charge in [0.05, 0.1) is 5.60 Å². The van der Waals surface area contributed by atoms with Crippen molar-refractivity contribution in [2.24, 2.45) is 0 Å². The van der Waals surface area contributed by atoms with Crippen molar-refractivity contribution < 1.29 is 14.6 Å². The second kappa shape index (κ2) is 5.15. The van der Waals surface area contributed by atoms with Crippen LogP contribution in [0.4, 0.5) is 0 Å². The Morgan fingerprint density at radius 3 is 2.59 bits per heavy atom. The molecule has 0 fully saturated rings. The lowest BCUT2D eigenvalue weighted by Gasteiger charge is -2.17. The monoisotopic (exact) mass is 234 g/mol. The van der Waals surface area contributed by atoms with Gasteiger partial charge in [-0.05, 0) is 39.0 Å². The molecule has 0 aromatic heterocycles. The Morgan fingerprint density at radius 1 is 1.41 bits per heavy atom. The summed E-state index contributed by atoms with van der Waals surface area (Å²) in [6.45, 7) is 5.32. The molecule has 0 aliphatic rings. The zero-order chi connectivity index (χ0) is 13.1. The molecule has 0 spiro atoms. The highest BCUT2D eigenvalue weighted by Crippen LogP contribution is 2.22. The van der Waals surface area contributed by atoms with Gasteiger partial charge >= 0.3 is 0 Å². The molecule has 0 radical (unpaired) electrons. The van der Waals surface area contributed by atoms with Crippen LogP contribution in [-0.4, -0.2) is 23.6 Å². The molecule has 0 aliphatic heterocycles. The standard InChI is InChI=1S/C14H18O3/c1-10(15)11-5-6-13(16)12(9-11)7-8-14(2,3)17-4/h5-9,16H,1-4H3. The summed E-state index contributed by atoms with van der Waals surface area (Å²) in [7, 11) is 1.62. The third-order valence-electron chi connectivity index (χ3n) is 2.62. The number of Topliss-reactive ketones (excluding diaryl/α,β-unsaturated/α-hetero) is 1. The third kappa shape index (κ3) is 3.71. The fourth-order valence-electron chi connectivity index (χ4n) is 1.27. The molecule has 1 aromatic rings. The number of phenolic OH excluding ortho intramolecular Hbond substituents is 1. The number of hydrogen-bond donors (Lipinski definition) is 1. The highest BCUT2D eigenvalue weighted by atomic mass is 16.5. The van der Waals surface area contributed by atoms with Gasteiger partial charge in [0.2, 0.25) is 0 Å². The Morgan fingerprint density at radius 2 is 2.06 bits per heavy atom. The molecule has 0 saturated carbocycles. The van der Waals surface area contributed by atoms with E-state index in [1.807, 2.05) is 19.9 Å². The summed E-state index contributed by atoms with van der Waals surface area (Å²) in [5, 5.41) is 9.68. The number of methoxy groups -OCH3 is 1. The Labute approximate surface area is 102 Å². The largest absolute Gasteiger partial charge is 0.507 e. The molecule has 0 bridgehead atoms. The number of ether oxygens (including phenoxy) is 1. The van der Waals surface area contributed by atoms with Crippen LogP contribution in [0, 0.1) is 0 Å². The minimum absolute atomic E-state index is 0.0225. The van der Waals surface area contributed by atoms with Crippen molar-refractivity contribution in [3.05, 3.63) is 35.4 Å². The van der Waals surface area contributed by atoms with E-state index in [2.05, 4.69) is 0 Å². The van der Waals surface area contributed by atoms with Crippen LogP contribution in [0.5, 0.6) is 5.75 Å². The first kappa shape index (κ1) is 13.5. The minimum Gasteiger partial charge on any atom is -0.507 e. The maximum atomic E-state index is 11.2. The molecule has 1 rings (SSSR count). The molecule has 17 heavy (non-hydrogen) atoms. The van der Waals surface area contributed by atoms with Gasteiger partial charge in [-0.1, -0.05) is 12.2 Å². The van der Waals surface area contributed by atoms with Crippen LogP contribution in [0.3, 0.4) is 0 Å². The zero-order valence-corrected chi connectivity index (χ0v) is 10.7. The summed E-state index contributed by atoms with van der Waals surface area (Å²) >= 11 is 0. The molecular formula is C14H18O3. The van der Waals surface area contributed by atoms with Gasteiger partial charge < -0.3 is 9.84 Å². The van der Waals surface area contributed by atoms with E-state index in [9.17, 15) is 9.90 Å². The van der Waals surface area contributed by atoms with Crippen molar-refractivity contribution >= 4 is 11.9 Å². The van der Waals surface area contributed by atoms with E-state index in [4.69, 9.17) is 4.74 Å². The van der Waals surface area contributed by atoms with Crippen molar-refractivity contribution in [2.75, 3.05) is 7.11 Å². The molecule has 0 unspecified atom stereocenters. The van der Waals surface area contributed by atoms with Crippen LogP contribution in [0.25, 0.3) is 6.08 Å². The summed E-state index contributed by atoms with van der Waals surface area (Å²) in [6, 6.07) is 4.80. The first-order valence-electron chi connectivity index (χ1n) is 5.44. The number of phenols is 1. The van der Waals surface area contributed by atoms with Crippen LogP contribution < -0.4 is 0 Å². The number of hydrogen-bond acceptors (Lipinski definition) is 3. The van der Waals surface area contributed by atoms with E-state index in [1.54, 1.807) is 25.3 Å². The Bertz CT molecular complexity index is 445. The van der Waals surface area contributed by atoms with Gasteiger partial charge in [-0.2, -0.15) is 0 Å². The number of benzene rings is 1. The van der Waals surface area contributed by atoms with E-state index < -0.39 is 5.60 Å². The van der Waals surface area contributed by atoms with Crippen molar-refractivity contribution in [1.82, 2.24) is 0 Å². The highest BCUT2D eigenvalue weighted by molar-refractivity contribution is 5.94. The summed E-state index contributed by atoms with van der Waals surface area (Å²) in [4.78, 5) is 11.2. The topological polar surface area (TPSA) is 46.5 Å². The molecule has 0 amide bonds. The molecule has 92 valence electrons. The number of ketones is 1. The van der Waals surface area contributed by atoms with Crippen LogP contribution in [0.15, 0.2) is 24.3 Å². The van der Waals surface area contributed by atoms with E-state index in [0.717, 1.165) is 0 Å². The Hall–Kier alpha value is -1.61. The molecule has 0 heterocycles.